The zero-order valence-corrected chi connectivity index (χ0v) is 14.7. The molecule has 0 unspecified atom stereocenters. The van der Waals surface area contributed by atoms with Crippen LogP contribution in [0.2, 0.25) is 5.28 Å². The van der Waals surface area contributed by atoms with Gasteiger partial charge in [-0.3, -0.25) is 4.79 Å². The van der Waals surface area contributed by atoms with Crippen LogP contribution in [0.1, 0.15) is 21.5 Å². The topological polar surface area (TPSA) is 59.9 Å². The van der Waals surface area contributed by atoms with Crippen LogP contribution in [-0.2, 0) is 6.42 Å². The number of rotatable bonds is 2. The molecule has 0 atom stereocenters. The van der Waals surface area contributed by atoms with Gasteiger partial charge in [0.15, 0.2) is 0 Å². The second-order valence-electron chi connectivity index (χ2n) is 6.44. The van der Waals surface area contributed by atoms with Crippen molar-refractivity contribution < 1.29 is 9.18 Å². The van der Waals surface area contributed by atoms with Gasteiger partial charge < -0.3 is 4.98 Å². The fourth-order valence-corrected chi connectivity index (χ4v) is 3.84. The van der Waals surface area contributed by atoms with Gasteiger partial charge in [-0.15, -0.1) is 0 Å². The maximum atomic E-state index is 14.0. The minimum absolute atomic E-state index is 0.220. The van der Waals surface area contributed by atoms with Gasteiger partial charge in [0, 0.05) is 22.5 Å². The lowest BCUT2D eigenvalue weighted by atomic mass is 9.87. The van der Waals surface area contributed by atoms with E-state index >= 15 is 0 Å². The van der Waals surface area contributed by atoms with Gasteiger partial charge in [0.1, 0.15) is 5.82 Å². The van der Waals surface area contributed by atoms with Crippen molar-refractivity contribution in [2.24, 2.45) is 0 Å². The Morgan fingerprint density at radius 3 is 2.67 bits per heavy atom. The van der Waals surface area contributed by atoms with Gasteiger partial charge in [0.05, 0.1) is 16.6 Å². The number of carbonyl (C=O) groups is 1. The molecule has 0 fully saturated rings. The number of aromatic amines is 1. The van der Waals surface area contributed by atoms with Crippen LogP contribution in [0, 0.1) is 5.82 Å². The Balaban J connectivity index is 1.86. The van der Waals surface area contributed by atoms with Gasteiger partial charge in [-0.25, -0.2) is 14.7 Å². The summed E-state index contributed by atoms with van der Waals surface area (Å²) >= 11 is 6.13. The third kappa shape index (κ3) is 2.51. The van der Waals surface area contributed by atoms with Crippen molar-refractivity contribution in [2.45, 2.75) is 6.42 Å². The Kier molecular flexibility index (Phi) is 3.52. The monoisotopic (exact) mass is 376 g/mol. The summed E-state index contributed by atoms with van der Waals surface area (Å²) in [6.45, 7) is 0. The van der Waals surface area contributed by atoms with Gasteiger partial charge in [-0.05, 0) is 47.4 Å². The van der Waals surface area contributed by atoms with Crippen LogP contribution >= 0.6 is 11.6 Å². The summed E-state index contributed by atoms with van der Waals surface area (Å²) in [5, 5.41) is 5.46. The minimum atomic E-state index is -0.415. The van der Waals surface area contributed by atoms with Crippen molar-refractivity contribution in [3.05, 3.63) is 82.5 Å². The number of carbonyl (C=O) groups excluding carboxylic acids is 1. The van der Waals surface area contributed by atoms with E-state index in [1.807, 2.05) is 30.3 Å². The number of hydrogen-bond acceptors (Lipinski definition) is 2. The van der Waals surface area contributed by atoms with Gasteiger partial charge in [-0.2, -0.15) is 0 Å². The van der Waals surface area contributed by atoms with E-state index in [1.54, 1.807) is 12.3 Å². The number of imidazole rings is 1. The van der Waals surface area contributed by atoms with Gasteiger partial charge in [0.2, 0.25) is 5.28 Å². The molecule has 0 saturated heterocycles. The van der Waals surface area contributed by atoms with Crippen LogP contribution in [-0.4, -0.2) is 15.9 Å². The Hall–Kier alpha value is -3.18. The van der Waals surface area contributed by atoms with Crippen LogP contribution in [0.25, 0.3) is 27.4 Å². The van der Waals surface area contributed by atoms with Gasteiger partial charge >= 0.3 is 0 Å². The summed E-state index contributed by atoms with van der Waals surface area (Å²) in [6, 6.07) is 14.2. The van der Waals surface area contributed by atoms with Crippen molar-refractivity contribution in [2.75, 3.05) is 0 Å². The van der Waals surface area contributed by atoms with E-state index in [9.17, 15) is 9.18 Å². The average Bonchev–Trinajstić information content (AvgIpc) is 3.05. The zero-order chi connectivity index (χ0) is 18.5. The molecule has 1 aliphatic heterocycles. The van der Waals surface area contributed by atoms with E-state index in [4.69, 9.17) is 11.6 Å². The molecule has 5 rings (SSSR count). The van der Waals surface area contributed by atoms with Crippen LogP contribution < -0.4 is 5.32 Å². The van der Waals surface area contributed by atoms with E-state index in [0.29, 0.717) is 39.4 Å². The van der Waals surface area contributed by atoms with Crippen molar-refractivity contribution in [1.82, 2.24) is 15.3 Å². The van der Waals surface area contributed by atoms with Gasteiger partial charge in [0.25, 0.3) is 5.91 Å². The summed E-state index contributed by atoms with van der Waals surface area (Å²) in [5.74, 6) is -0.819. The summed E-state index contributed by atoms with van der Waals surface area (Å²) in [5.41, 5.74) is 4.23. The van der Waals surface area contributed by atoms with E-state index < -0.39 is 11.7 Å². The molecule has 3 aromatic carbocycles. The third-order valence-electron chi connectivity index (χ3n) is 4.79. The molecule has 2 heterocycles. The third-order valence-corrected chi connectivity index (χ3v) is 4.97. The number of halogens is 2. The lowest BCUT2D eigenvalue weighted by Gasteiger charge is -2.19. The highest BCUT2D eigenvalue weighted by Crippen LogP contribution is 2.39. The van der Waals surface area contributed by atoms with Crippen molar-refractivity contribution in [3.63, 3.8) is 0 Å². The standard InChI is InChI=1S/C21H12ClFN3O/c22-21-25-18-14-7-6-13(23)9-15(14)17-16(19(18)26-21)12(10-24-20(17)27)8-11-4-2-1-3-5-11/h1-7,9-10H,8H2,(H,25,26). The molecule has 0 bridgehead atoms. The molecule has 4 aromatic rings. The number of H-pyrrole nitrogens is 1. The largest absolute Gasteiger partial charge is 0.328 e. The first-order valence-electron chi connectivity index (χ1n) is 8.41. The second-order valence-corrected chi connectivity index (χ2v) is 6.80. The van der Waals surface area contributed by atoms with Crippen LogP contribution in [0.3, 0.4) is 0 Å². The summed E-state index contributed by atoms with van der Waals surface area (Å²) in [4.78, 5) is 20.1. The molecule has 1 aliphatic rings. The van der Waals surface area contributed by atoms with E-state index in [1.165, 1.54) is 12.1 Å². The highest BCUT2D eigenvalue weighted by molar-refractivity contribution is 6.30. The maximum Gasteiger partial charge on any atom is 0.278 e. The first kappa shape index (κ1) is 16.0. The number of fused-ring (bicyclic) bond motifs is 6. The maximum absolute atomic E-state index is 14.0. The molecule has 1 amide bonds. The SMILES string of the molecule is O=C1[N]C=C(Cc2ccccc2)c2c1c1cc(F)ccc1c1[nH]c(Cl)nc21. The predicted molar refractivity (Wildman–Crippen MR) is 103 cm³/mol. The molecule has 6 heteroatoms. The van der Waals surface area contributed by atoms with E-state index in [2.05, 4.69) is 15.3 Å². The molecule has 1 N–H and O–H groups in total. The molecular weight excluding hydrogens is 365 g/mol. The average molecular weight is 377 g/mol. The molecule has 0 spiro atoms. The minimum Gasteiger partial charge on any atom is -0.328 e. The highest BCUT2D eigenvalue weighted by Gasteiger charge is 2.28. The Labute approximate surface area is 158 Å². The number of allylic oxidation sites excluding steroid dienone is 1. The smallest absolute Gasteiger partial charge is 0.278 e. The van der Waals surface area contributed by atoms with Gasteiger partial charge in [-0.1, -0.05) is 30.3 Å². The van der Waals surface area contributed by atoms with E-state index in [0.717, 1.165) is 11.1 Å². The highest BCUT2D eigenvalue weighted by atomic mass is 35.5. The normalized spacial score (nSPS) is 13.6. The second kappa shape index (κ2) is 5.93. The van der Waals surface area contributed by atoms with Crippen LogP contribution in [0.15, 0.2) is 54.7 Å². The zero-order valence-electron chi connectivity index (χ0n) is 14.0. The molecule has 27 heavy (non-hydrogen) atoms. The number of benzene rings is 3. The molecule has 131 valence electrons. The molecular formula is C21H12ClFN3O. The fourth-order valence-electron chi connectivity index (χ4n) is 3.66. The number of hydrogen-bond donors (Lipinski definition) is 1. The summed E-state index contributed by atoms with van der Waals surface area (Å²) in [6.07, 6.45) is 2.15. The van der Waals surface area contributed by atoms with Crippen LogP contribution in [0.4, 0.5) is 4.39 Å². The summed E-state index contributed by atoms with van der Waals surface area (Å²) < 4.78 is 14.0. The van der Waals surface area contributed by atoms with Crippen LogP contribution in [0.5, 0.6) is 0 Å². The van der Waals surface area contributed by atoms with Crippen molar-refractivity contribution >= 4 is 44.9 Å². The predicted octanol–water partition coefficient (Wildman–Crippen LogP) is 4.85. The summed E-state index contributed by atoms with van der Waals surface area (Å²) in [7, 11) is 0. The Bertz CT molecular complexity index is 1260. The molecule has 4 nitrogen and oxygen atoms in total. The van der Waals surface area contributed by atoms with E-state index in [-0.39, 0.29) is 5.28 Å². The quantitative estimate of drug-likeness (QED) is 0.543. The molecule has 0 aliphatic carbocycles. The number of nitrogens with one attached hydrogen (secondary N) is 1. The number of aromatic nitrogens is 2. The lowest BCUT2D eigenvalue weighted by Crippen LogP contribution is -2.19. The van der Waals surface area contributed by atoms with Crippen molar-refractivity contribution in [3.8, 4) is 0 Å². The first-order valence-corrected chi connectivity index (χ1v) is 8.78. The lowest BCUT2D eigenvalue weighted by molar-refractivity contribution is 0.0966. The Morgan fingerprint density at radius 2 is 1.85 bits per heavy atom. The van der Waals surface area contributed by atoms with Crippen molar-refractivity contribution in [1.29, 1.82) is 0 Å². The Morgan fingerprint density at radius 1 is 1.04 bits per heavy atom. The molecule has 1 radical (unpaired) electrons. The number of nitrogens with zero attached hydrogens (tertiary/aromatic N) is 2. The first-order chi connectivity index (χ1) is 13.1. The fraction of sp³-hybridized carbons (Fsp3) is 0.0476. The molecule has 1 aromatic heterocycles. The number of amides is 1. The molecule has 0 saturated carbocycles.